The van der Waals surface area contributed by atoms with Crippen molar-refractivity contribution in [2.75, 3.05) is 19.5 Å². The van der Waals surface area contributed by atoms with Crippen molar-refractivity contribution >= 4 is 11.6 Å². The largest absolute Gasteiger partial charge is 0.300 e. The third-order valence-corrected chi connectivity index (χ3v) is 3.77. The summed E-state index contributed by atoms with van der Waals surface area (Å²) in [6.07, 6.45) is 4.27. The molecule has 0 amide bonds. The highest BCUT2D eigenvalue weighted by Crippen LogP contribution is 2.28. The van der Waals surface area contributed by atoms with Crippen LogP contribution in [-0.2, 0) is 0 Å². The topological polar surface area (TPSA) is 3.24 Å². The summed E-state index contributed by atoms with van der Waals surface area (Å²) in [5, 5.41) is 0. The maximum absolute atomic E-state index is 5.89. The zero-order valence-electron chi connectivity index (χ0n) is 8.44. The minimum absolute atomic E-state index is 0.164. The fourth-order valence-electron chi connectivity index (χ4n) is 1.41. The Bertz CT molecular complexity index is 141. The van der Waals surface area contributed by atoms with E-state index in [0.717, 1.165) is 11.8 Å². The molecule has 0 heterocycles. The highest BCUT2D eigenvalue weighted by molar-refractivity contribution is 6.18. The first-order valence-electron chi connectivity index (χ1n) is 4.83. The van der Waals surface area contributed by atoms with Gasteiger partial charge in [0.05, 0.1) is 0 Å². The smallest absolute Gasteiger partial charge is 0.0402 e. The lowest BCUT2D eigenvalue weighted by molar-refractivity contribution is 0.121. The van der Waals surface area contributed by atoms with E-state index in [2.05, 4.69) is 25.8 Å². The van der Waals surface area contributed by atoms with Gasteiger partial charge in [0.2, 0.25) is 0 Å². The van der Waals surface area contributed by atoms with E-state index in [-0.39, 0.29) is 5.54 Å². The second kappa shape index (κ2) is 3.97. The third kappa shape index (κ3) is 2.37. The number of hydrogen-bond donors (Lipinski definition) is 0. The Morgan fingerprint density at radius 1 is 1.42 bits per heavy atom. The SMILES string of the molecule is CN(CC1CCC1)C(C)(C)CCl. The van der Waals surface area contributed by atoms with Gasteiger partial charge in [-0.15, -0.1) is 11.6 Å². The lowest BCUT2D eigenvalue weighted by Gasteiger charge is -2.38. The summed E-state index contributed by atoms with van der Waals surface area (Å²) in [6, 6.07) is 0. The van der Waals surface area contributed by atoms with Crippen molar-refractivity contribution in [1.29, 1.82) is 0 Å². The molecule has 72 valence electrons. The van der Waals surface area contributed by atoms with Crippen molar-refractivity contribution in [3.8, 4) is 0 Å². The molecule has 0 aromatic heterocycles. The summed E-state index contributed by atoms with van der Waals surface area (Å²) in [5.41, 5.74) is 0.164. The summed E-state index contributed by atoms with van der Waals surface area (Å²) in [5.74, 6) is 1.66. The lowest BCUT2D eigenvalue weighted by atomic mass is 9.84. The number of halogens is 1. The maximum atomic E-state index is 5.89. The van der Waals surface area contributed by atoms with Crippen LogP contribution in [0.4, 0.5) is 0 Å². The molecular formula is C10H20ClN. The van der Waals surface area contributed by atoms with Gasteiger partial charge in [-0.2, -0.15) is 0 Å². The van der Waals surface area contributed by atoms with Crippen molar-refractivity contribution in [3.05, 3.63) is 0 Å². The average molecular weight is 190 g/mol. The number of alkyl halides is 1. The number of hydrogen-bond acceptors (Lipinski definition) is 1. The highest BCUT2D eigenvalue weighted by atomic mass is 35.5. The molecule has 1 nitrogen and oxygen atoms in total. The van der Waals surface area contributed by atoms with E-state index >= 15 is 0 Å². The molecule has 0 aliphatic heterocycles. The summed E-state index contributed by atoms with van der Waals surface area (Å²) >= 11 is 5.89. The van der Waals surface area contributed by atoms with Crippen molar-refractivity contribution in [2.45, 2.75) is 38.6 Å². The Labute approximate surface area is 81.1 Å². The summed E-state index contributed by atoms with van der Waals surface area (Å²) in [4.78, 5) is 2.39. The molecule has 0 bridgehead atoms. The summed E-state index contributed by atoms with van der Waals surface area (Å²) < 4.78 is 0. The molecule has 1 aliphatic rings. The Morgan fingerprint density at radius 3 is 2.33 bits per heavy atom. The van der Waals surface area contributed by atoms with Crippen LogP contribution in [0.1, 0.15) is 33.1 Å². The van der Waals surface area contributed by atoms with Gasteiger partial charge in [0.25, 0.3) is 0 Å². The standard InChI is InChI=1S/C10H20ClN/c1-10(2,8-11)12(3)7-9-5-4-6-9/h9H,4-8H2,1-3H3. The Balaban J connectivity index is 2.30. The normalized spacial score (nSPS) is 19.8. The molecule has 0 aromatic carbocycles. The van der Waals surface area contributed by atoms with E-state index in [1.165, 1.54) is 25.8 Å². The molecule has 1 aliphatic carbocycles. The van der Waals surface area contributed by atoms with Crippen LogP contribution in [0.3, 0.4) is 0 Å². The molecule has 0 unspecified atom stereocenters. The van der Waals surface area contributed by atoms with Crippen molar-refractivity contribution in [2.24, 2.45) is 5.92 Å². The molecule has 0 N–H and O–H groups in total. The first-order chi connectivity index (χ1) is 5.56. The van der Waals surface area contributed by atoms with Gasteiger partial charge in [0.1, 0.15) is 0 Å². The van der Waals surface area contributed by atoms with Gasteiger partial charge < -0.3 is 0 Å². The van der Waals surface area contributed by atoms with E-state index in [1.54, 1.807) is 0 Å². The molecular weight excluding hydrogens is 170 g/mol. The first-order valence-corrected chi connectivity index (χ1v) is 5.37. The minimum atomic E-state index is 0.164. The number of nitrogens with zero attached hydrogens (tertiary/aromatic N) is 1. The van der Waals surface area contributed by atoms with Crippen molar-refractivity contribution < 1.29 is 0 Å². The van der Waals surface area contributed by atoms with Crippen LogP contribution in [0.2, 0.25) is 0 Å². The molecule has 1 saturated carbocycles. The lowest BCUT2D eigenvalue weighted by Crippen LogP contribution is -2.46. The van der Waals surface area contributed by atoms with Crippen molar-refractivity contribution in [1.82, 2.24) is 4.90 Å². The van der Waals surface area contributed by atoms with Crippen LogP contribution in [0.5, 0.6) is 0 Å². The second-order valence-corrected chi connectivity index (χ2v) is 4.89. The van der Waals surface area contributed by atoms with E-state index in [9.17, 15) is 0 Å². The van der Waals surface area contributed by atoms with Gasteiger partial charge in [-0.3, -0.25) is 4.90 Å². The molecule has 0 radical (unpaired) electrons. The van der Waals surface area contributed by atoms with E-state index in [1.807, 2.05) is 0 Å². The van der Waals surface area contributed by atoms with Gasteiger partial charge in [-0.05, 0) is 39.7 Å². The molecule has 12 heavy (non-hydrogen) atoms. The van der Waals surface area contributed by atoms with Gasteiger partial charge in [0, 0.05) is 18.0 Å². The fourth-order valence-corrected chi connectivity index (χ4v) is 1.62. The first kappa shape index (κ1) is 10.3. The Kier molecular flexibility index (Phi) is 3.42. The van der Waals surface area contributed by atoms with Gasteiger partial charge in [0.15, 0.2) is 0 Å². The predicted octanol–water partition coefficient (Wildman–Crippen LogP) is 2.74. The zero-order valence-corrected chi connectivity index (χ0v) is 9.19. The molecule has 0 saturated heterocycles. The summed E-state index contributed by atoms with van der Waals surface area (Å²) in [6.45, 7) is 5.64. The van der Waals surface area contributed by atoms with Crippen LogP contribution in [0.15, 0.2) is 0 Å². The van der Waals surface area contributed by atoms with E-state index in [4.69, 9.17) is 11.6 Å². The highest BCUT2D eigenvalue weighted by Gasteiger charge is 2.27. The van der Waals surface area contributed by atoms with Crippen LogP contribution in [-0.4, -0.2) is 29.9 Å². The van der Waals surface area contributed by atoms with Crippen LogP contribution in [0.25, 0.3) is 0 Å². The van der Waals surface area contributed by atoms with Gasteiger partial charge >= 0.3 is 0 Å². The summed E-state index contributed by atoms with van der Waals surface area (Å²) in [7, 11) is 2.18. The van der Waals surface area contributed by atoms with E-state index in [0.29, 0.717) is 0 Å². The van der Waals surface area contributed by atoms with Crippen LogP contribution in [0, 0.1) is 5.92 Å². The second-order valence-electron chi connectivity index (χ2n) is 4.62. The van der Waals surface area contributed by atoms with Crippen molar-refractivity contribution in [3.63, 3.8) is 0 Å². The average Bonchev–Trinajstić information content (AvgIpc) is 1.96. The molecule has 2 heteroatoms. The molecule has 1 fully saturated rings. The third-order valence-electron chi connectivity index (χ3n) is 3.12. The number of rotatable bonds is 4. The molecule has 0 aromatic rings. The monoisotopic (exact) mass is 189 g/mol. The maximum Gasteiger partial charge on any atom is 0.0402 e. The zero-order chi connectivity index (χ0) is 9.19. The van der Waals surface area contributed by atoms with Gasteiger partial charge in [-0.1, -0.05) is 6.42 Å². The molecule has 0 spiro atoms. The van der Waals surface area contributed by atoms with E-state index < -0.39 is 0 Å². The van der Waals surface area contributed by atoms with Crippen LogP contribution < -0.4 is 0 Å². The fraction of sp³-hybridized carbons (Fsp3) is 1.00. The predicted molar refractivity (Wildman–Crippen MR) is 54.8 cm³/mol. The Hall–Kier alpha value is 0.250. The minimum Gasteiger partial charge on any atom is -0.300 e. The quantitative estimate of drug-likeness (QED) is 0.615. The van der Waals surface area contributed by atoms with Crippen LogP contribution >= 0.6 is 11.6 Å². The Morgan fingerprint density at radius 2 is 2.00 bits per heavy atom. The van der Waals surface area contributed by atoms with Gasteiger partial charge in [-0.25, -0.2) is 0 Å². The molecule has 1 rings (SSSR count). The molecule has 0 atom stereocenters.